The number of rotatable bonds is 4. The average Bonchev–Trinajstić information content (AvgIpc) is 2.76. The zero-order valence-electron chi connectivity index (χ0n) is 12.8. The first-order chi connectivity index (χ1) is 9.24. The molecule has 3 atom stereocenters. The molecule has 2 bridgehead atoms. The van der Waals surface area contributed by atoms with Crippen molar-refractivity contribution in [1.82, 2.24) is 15.1 Å². The number of hydrogen-bond donors (Lipinski definition) is 1. The Balaban J connectivity index is 1.41. The van der Waals surface area contributed by atoms with Gasteiger partial charge in [-0.25, -0.2) is 0 Å². The van der Waals surface area contributed by atoms with Crippen LogP contribution in [-0.4, -0.2) is 60.6 Å². The van der Waals surface area contributed by atoms with Crippen LogP contribution in [0, 0.1) is 5.92 Å². The minimum Gasteiger partial charge on any atom is -0.311 e. The fraction of sp³-hybridized carbons (Fsp3) is 1.00. The molecule has 0 radical (unpaired) electrons. The molecule has 3 aliphatic rings. The van der Waals surface area contributed by atoms with E-state index in [0.717, 1.165) is 24.0 Å². The van der Waals surface area contributed by atoms with Crippen LogP contribution in [0.4, 0.5) is 0 Å². The smallest absolute Gasteiger partial charge is 0.0195 e. The molecular weight excluding hydrogens is 234 g/mol. The molecule has 3 fully saturated rings. The Hall–Kier alpha value is -0.120. The zero-order chi connectivity index (χ0) is 13.2. The van der Waals surface area contributed by atoms with E-state index < -0.39 is 0 Å². The molecule has 0 aromatic heterocycles. The first-order valence-electron chi connectivity index (χ1n) is 8.47. The predicted octanol–water partition coefficient (Wildman–Crippen LogP) is 1.93. The first-order valence-corrected chi connectivity index (χ1v) is 8.47. The van der Waals surface area contributed by atoms with Crippen molar-refractivity contribution in [3.63, 3.8) is 0 Å². The minimum atomic E-state index is 0.753. The lowest BCUT2D eigenvalue weighted by Gasteiger charge is -2.40. The Kier molecular flexibility index (Phi) is 4.45. The highest BCUT2D eigenvalue weighted by atomic mass is 15.3. The van der Waals surface area contributed by atoms with Gasteiger partial charge in [0, 0.05) is 37.8 Å². The number of piperazine rings is 1. The lowest BCUT2D eigenvalue weighted by atomic mass is 9.89. The first kappa shape index (κ1) is 13.8. The summed E-state index contributed by atoms with van der Waals surface area (Å²) in [6, 6.07) is 2.47. The third-order valence-electron chi connectivity index (χ3n) is 5.68. The molecule has 19 heavy (non-hydrogen) atoms. The SMILES string of the molecule is CCN1CCN(CCC2CC3CCC(C2)N3)CC1C. The van der Waals surface area contributed by atoms with E-state index in [1.54, 1.807) is 0 Å². The molecule has 0 aromatic carbocycles. The van der Waals surface area contributed by atoms with Crippen LogP contribution < -0.4 is 5.32 Å². The van der Waals surface area contributed by atoms with Gasteiger partial charge in [-0.1, -0.05) is 6.92 Å². The second kappa shape index (κ2) is 6.11. The quantitative estimate of drug-likeness (QED) is 0.838. The Morgan fingerprint density at radius 2 is 1.84 bits per heavy atom. The molecule has 3 saturated heterocycles. The van der Waals surface area contributed by atoms with E-state index in [0.29, 0.717) is 0 Å². The van der Waals surface area contributed by atoms with Crippen molar-refractivity contribution in [2.24, 2.45) is 5.92 Å². The molecule has 0 spiro atoms. The van der Waals surface area contributed by atoms with Crippen molar-refractivity contribution in [3.8, 4) is 0 Å². The molecule has 110 valence electrons. The van der Waals surface area contributed by atoms with Gasteiger partial charge in [-0.3, -0.25) is 4.90 Å². The van der Waals surface area contributed by atoms with Crippen LogP contribution in [0.25, 0.3) is 0 Å². The van der Waals surface area contributed by atoms with Crippen molar-refractivity contribution >= 4 is 0 Å². The summed E-state index contributed by atoms with van der Waals surface area (Å²) in [7, 11) is 0. The maximum Gasteiger partial charge on any atom is 0.0195 e. The minimum absolute atomic E-state index is 0.753. The van der Waals surface area contributed by atoms with Crippen molar-refractivity contribution in [1.29, 1.82) is 0 Å². The molecule has 3 aliphatic heterocycles. The molecule has 1 N–H and O–H groups in total. The molecule has 0 aromatic rings. The fourth-order valence-corrected chi connectivity index (χ4v) is 4.52. The normalized spacial score (nSPS) is 40.7. The van der Waals surface area contributed by atoms with Crippen molar-refractivity contribution in [2.75, 3.05) is 32.7 Å². The fourth-order valence-electron chi connectivity index (χ4n) is 4.52. The molecule has 3 rings (SSSR count). The second-order valence-electron chi connectivity index (χ2n) is 7.04. The highest BCUT2D eigenvalue weighted by Gasteiger charge is 2.33. The van der Waals surface area contributed by atoms with E-state index in [-0.39, 0.29) is 0 Å². The molecule has 3 heterocycles. The lowest BCUT2D eigenvalue weighted by Crippen LogP contribution is -2.52. The number of piperidine rings is 1. The third-order valence-corrected chi connectivity index (χ3v) is 5.68. The molecule has 0 aliphatic carbocycles. The number of nitrogens with zero attached hydrogens (tertiary/aromatic N) is 2. The van der Waals surface area contributed by atoms with Crippen LogP contribution in [0.5, 0.6) is 0 Å². The Bertz CT molecular complexity index is 282. The maximum absolute atomic E-state index is 3.76. The molecule has 3 heteroatoms. The number of nitrogens with one attached hydrogen (secondary N) is 1. The zero-order valence-corrected chi connectivity index (χ0v) is 12.8. The van der Waals surface area contributed by atoms with E-state index in [1.807, 2.05) is 0 Å². The summed E-state index contributed by atoms with van der Waals surface area (Å²) in [5.41, 5.74) is 0. The summed E-state index contributed by atoms with van der Waals surface area (Å²) in [4.78, 5) is 5.32. The Morgan fingerprint density at radius 1 is 1.11 bits per heavy atom. The van der Waals surface area contributed by atoms with Gasteiger partial charge in [-0.2, -0.15) is 0 Å². The van der Waals surface area contributed by atoms with Gasteiger partial charge >= 0.3 is 0 Å². The van der Waals surface area contributed by atoms with Gasteiger partial charge in [0.2, 0.25) is 0 Å². The van der Waals surface area contributed by atoms with Crippen molar-refractivity contribution in [2.45, 2.75) is 64.1 Å². The molecular formula is C16H31N3. The van der Waals surface area contributed by atoms with E-state index in [1.165, 1.54) is 64.8 Å². The highest BCUT2D eigenvalue weighted by Crippen LogP contribution is 2.32. The summed E-state index contributed by atoms with van der Waals surface area (Å²) in [5.74, 6) is 0.998. The summed E-state index contributed by atoms with van der Waals surface area (Å²) < 4.78 is 0. The largest absolute Gasteiger partial charge is 0.311 e. The standard InChI is InChI=1S/C16H31N3/c1-3-19-9-8-18(12-13(19)2)7-6-14-10-15-4-5-16(11-14)17-15/h13-17H,3-12H2,1-2H3. The van der Waals surface area contributed by atoms with Crippen LogP contribution in [-0.2, 0) is 0 Å². The third kappa shape index (κ3) is 3.32. The van der Waals surface area contributed by atoms with Crippen molar-refractivity contribution < 1.29 is 0 Å². The highest BCUT2D eigenvalue weighted by molar-refractivity contribution is 4.92. The second-order valence-corrected chi connectivity index (χ2v) is 7.04. The number of fused-ring (bicyclic) bond motifs is 2. The summed E-state index contributed by atoms with van der Waals surface area (Å²) in [6.45, 7) is 11.1. The monoisotopic (exact) mass is 265 g/mol. The van der Waals surface area contributed by atoms with Gasteiger partial charge in [-0.15, -0.1) is 0 Å². The molecule has 3 nitrogen and oxygen atoms in total. The van der Waals surface area contributed by atoms with Gasteiger partial charge in [0.15, 0.2) is 0 Å². The topological polar surface area (TPSA) is 18.5 Å². The Labute approximate surface area is 118 Å². The van der Waals surface area contributed by atoms with Gasteiger partial charge in [0.1, 0.15) is 0 Å². The van der Waals surface area contributed by atoms with Gasteiger partial charge in [-0.05, 0) is 58.0 Å². The average molecular weight is 265 g/mol. The van der Waals surface area contributed by atoms with Crippen LogP contribution in [0.3, 0.4) is 0 Å². The molecule has 0 amide bonds. The summed E-state index contributed by atoms with van der Waals surface area (Å²) in [6.07, 6.45) is 7.20. The van der Waals surface area contributed by atoms with Crippen LogP contribution in [0.1, 0.15) is 46.0 Å². The summed E-state index contributed by atoms with van der Waals surface area (Å²) in [5, 5.41) is 3.76. The Morgan fingerprint density at radius 3 is 2.47 bits per heavy atom. The van der Waals surface area contributed by atoms with Crippen molar-refractivity contribution in [3.05, 3.63) is 0 Å². The van der Waals surface area contributed by atoms with Crippen LogP contribution in [0.15, 0.2) is 0 Å². The molecule has 3 unspecified atom stereocenters. The maximum atomic E-state index is 3.76. The van der Waals surface area contributed by atoms with Gasteiger partial charge in [0.25, 0.3) is 0 Å². The number of likely N-dealkylation sites (N-methyl/N-ethyl adjacent to an activating group) is 1. The van der Waals surface area contributed by atoms with Crippen LogP contribution in [0.2, 0.25) is 0 Å². The van der Waals surface area contributed by atoms with Gasteiger partial charge < -0.3 is 10.2 Å². The number of hydrogen-bond acceptors (Lipinski definition) is 3. The van der Waals surface area contributed by atoms with Gasteiger partial charge in [0.05, 0.1) is 0 Å². The predicted molar refractivity (Wildman–Crippen MR) is 80.4 cm³/mol. The lowest BCUT2D eigenvalue weighted by molar-refractivity contribution is 0.0816. The van der Waals surface area contributed by atoms with E-state index >= 15 is 0 Å². The van der Waals surface area contributed by atoms with E-state index in [4.69, 9.17) is 0 Å². The van der Waals surface area contributed by atoms with E-state index in [2.05, 4.69) is 29.0 Å². The molecule has 0 saturated carbocycles. The summed E-state index contributed by atoms with van der Waals surface area (Å²) >= 11 is 0. The van der Waals surface area contributed by atoms with Crippen LogP contribution >= 0.6 is 0 Å². The van der Waals surface area contributed by atoms with E-state index in [9.17, 15) is 0 Å².